The number of carbonyl (C=O) groups is 1. The highest BCUT2D eigenvalue weighted by molar-refractivity contribution is 8.00. The summed E-state index contributed by atoms with van der Waals surface area (Å²) in [4.78, 5) is 14.3. The lowest BCUT2D eigenvalue weighted by atomic mass is 10.1. The summed E-state index contributed by atoms with van der Waals surface area (Å²) in [6.07, 6.45) is 0. The summed E-state index contributed by atoms with van der Waals surface area (Å²) in [6.45, 7) is 2.59. The lowest BCUT2D eigenvalue weighted by Crippen LogP contribution is -2.19. The predicted octanol–water partition coefficient (Wildman–Crippen LogP) is 4.56. The van der Waals surface area contributed by atoms with Crippen LogP contribution in [-0.4, -0.2) is 26.1 Å². The van der Waals surface area contributed by atoms with Crippen LogP contribution in [-0.2, 0) is 11.3 Å². The Morgan fingerprint density at radius 2 is 1.90 bits per heavy atom. The Labute approximate surface area is 177 Å². The summed E-state index contributed by atoms with van der Waals surface area (Å²) in [5.74, 6) is -0.115. The van der Waals surface area contributed by atoms with Gasteiger partial charge in [-0.15, -0.1) is 16.4 Å². The van der Waals surface area contributed by atoms with Gasteiger partial charge in [-0.05, 0) is 46.5 Å². The third kappa shape index (κ3) is 4.90. The Morgan fingerprint density at radius 1 is 1.10 bits per heavy atom. The first-order chi connectivity index (χ1) is 14.2. The molecule has 0 fully saturated rings. The van der Waals surface area contributed by atoms with Crippen LogP contribution in [0.25, 0.3) is 0 Å². The summed E-state index contributed by atoms with van der Waals surface area (Å²) in [5.41, 5.74) is 2.80. The van der Waals surface area contributed by atoms with E-state index in [9.17, 15) is 4.79 Å². The fraction of sp³-hybridized carbons (Fsp3) is 0.143. The summed E-state index contributed by atoms with van der Waals surface area (Å²) in [7, 11) is 0. The Hall–Kier alpha value is -2.97. The lowest BCUT2D eigenvalue weighted by molar-refractivity contribution is -0.115. The molecule has 0 saturated heterocycles. The normalized spacial score (nSPS) is 11.9. The van der Waals surface area contributed by atoms with Crippen molar-refractivity contribution in [1.29, 1.82) is 0 Å². The fourth-order valence-corrected chi connectivity index (χ4v) is 4.44. The van der Waals surface area contributed by atoms with Gasteiger partial charge in [0.1, 0.15) is 5.25 Å². The van der Waals surface area contributed by atoms with Crippen LogP contribution in [0.15, 0.2) is 77.3 Å². The topological polar surface area (TPSA) is 72.7 Å². The summed E-state index contributed by atoms with van der Waals surface area (Å²) in [5, 5.41) is 17.2. The summed E-state index contributed by atoms with van der Waals surface area (Å²) < 4.78 is 1.73. The van der Waals surface area contributed by atoms with E-state index in [1.165, 1.54) is 11.8 Å². The van der Waals surface area contributed by atoms with Gasteiger partial charge in [-0.3, -0.25) is 4.79 Å². The molecule has 2 aromatic carbocycles. The quantitative estimate of drug-likeness (QED) is 0.443. The number of nitrogens with zero attached hydrogens (tertiary/aromatic N) is 4. The largest absolute Gasteiger partial charge is 0.325 e. The van der Waals surface area contributed by atoms with Gasteiger partial charge in [-0.2, -0.15) is 0 Å². The minimum Gasteiger partial charge on any atom is -0.325 e. The van der Waals surface area contributed by atoms with E-state index in [1.54, 1.807) is 16.0 Å². The molecule has 2 aromatic heterocycles. The van der Waals surface area contributed by atoms with E-state index in [-0.39, 0.29) is 5.91 Å². The first kappa shape index (κ1) is 19.4. The highest BCUT2D eigenvalue weighted by atomic mass is 32.2. The highest BCUT2D eigenvalue weighted by Crippen LogP contribution is 2.35. The molecule has 146 valence electrons. The van der Waals surface area contributed by atoms with Crippen molar-refractivity contribution < 1.29 is 4.79 Å². The van der Waals surface area contributed by atoms with Crippen molar-refractivity contribution in [3.8, 4) is 0 Å². The molecule has 0 saturated carbocycles. The van der Waals surface area contributed by atoms with E-state index < -0.39 is 5.25 Å². The van der Waals surface area contributed by atoms with Crippen molar-refractivity contribution in [2.45, 2.75) is 23.9 Å². The van der Waals surface area contributed by atoms with Gasteiger partial charge >= 0.3 is 0 Å². The van der Waals surface area contributed by atoms with Crippen LogP contribution in [0.3, 0.4) is 0 Å². The number of tetrazole rings is 1. The van der Waals surface area contributed by atoms with Gasteiger partial charge in [0.2, 0.25) is 11.1 Å². The molecule has 0 radical (unpaired) electrons. The van der Waals surface area contributed by atoms with Gasteiger partial charge in [-0.1, -0.05) is 65.9 Å². The number of thiophene rings is 1. The first-order valence-electron chi connectivity index (χ1n) is 9.07. The molecule has 1 amide bonds. The minimum atomic E-state index is -0.481. The van der Waals surface area contributed by atoms with Crippen molar-refractivity contribution in [2.24, 2.45) is 0 Å². The zero-order chi connectivity index (χ0) is 20.1. The number of thioether (sulfide) groups is 1. The molecule has 0 aliphatic heterocycles. The predicted molar refractivity (Wildman–Crippen MR) is 116 cm³/mol. The number of amides is 1. The Morgan fingerprint density at radius 3 is 2.62 bits per heavy atom. The Bertz CT molecular complexity index is 1060. The molecule has 29 heavy (non-hydrogen) atoms. The second kappa shape index (κ2) is 9.02. The maximum absolute atomic E-state index is 13.1. The second-order valence-electron chi connectivity index (χ2n) is 6.46. The van der Waals surface area contributed by atoms with E-state index in [1.807, 2.05) is 79.0 Å². The van der Waals surface area contributed by atoms with E-state index >= 15 is 0 Å². The molecule has 4 rings (SSSR count). The van der Waals surface area contributed by atoms with Crippen LogP contribution in [0.1, 0.15) is 21.3 Å². The van der Waals surface area contributed by atoms with Crippen molar-refractivity contribution in [3.05, 3.63) is 88.1 Å². The van der Waals surface area contributed by atoms with Gasteiger partial charge in [0.05, 0.1) is 6.54 Å². The average molecular weight is 422 g/mol. The van der Waals surface area contributed by atoms with Gasteiger partial charge in [0.25, 0.3) is 0 Å². The molecule has 1 N–H and O–H groups in total. The molecule has 0 spiro atoms. The zero-order valence-electron chi connectivity index (χ0n) is 15.7. The fourth-order valence-electron chi connectivity index (χ4n) is 2.78. The zero-order valence-corrected chi connectivity index (χ0v) is 17.4. The monoisotopic (exact) mass is 421 g/mol. The lowest BCUT2D eigenvalue weighted by Gasteiger charge is -2.16. The van der Waals surface area contributed by atoms with Crippen LogP contribution in [0.4, 0.5) is 5.69 Å². The molecule has 1 atom stereocenters. The van der Waals surface area contributed by atoms with Crippen molar-refractivity contribution in [1.82, 2.24) is 20.2 Å². The first-order valence-corrected chi connectivity index (χ1v) is 10.8. The molecule has 4 aromatic rings. The minimum absolute atomic E-state index is 0.115. The molecule has 0 bridgehead atoms. The van der Waals surface area contributed by atoms with Crippen molar-refractivity contribution in [2.75, 3.05) is 5.32 Å². The molecule has 0 unspecified atom stereocenters. The number of anilines is 1. The van der Waals surface area contributed by atoms with Gasteiger partial charge < -0.3 is 5.32 Å². The SMILES string of the molecule is Cc1ccc(NC(=O)[C@H](Sc2nnnn2Cc2cccs2)c2ccccc2)cc1. The van der Waals surface area contributed by atoms with Gasteiger partial charge in [0, 0.05) is 10.6 Å². The summed E-state index contributed by atoms with van der Waals surface area (Å²) in [6, 6.07) is 21.5. The number of carbonyl (C=O) groups excluding carboxylic acids is 1. The summed E-state index contributed by atoms with van der Waals surface area (Å²) >= 11 is 3.00. The molecular formula is C21H19N5OS2. The number of aryl methyl sites for hydroxylation is 1. The van der Waals surface area contributed by atoms with Crippen LogP contribution in [0.5, 0.6) is 0 Å². The smallest absolute Gasteiger partial charge is 0.242 e. The molecule has 2 heterocycles. The molecule has 6 nitrogen and oxygen atoms in total. The van der Waals surface area contributed by atoms with Crippen LogP contribution in [0.2, 0.25) is 0 Å². The van der Waals surface area contributed by atoms with E-state index in [0.29, 0.717) is 11.7 Å². The van der Waals surface area contributed by atoms with Gasteiger partial charge in [0.15, 0.2) is 0 Å². The Balaban J connectivity index is 1.58. The maximum atomic E-state index is 13.1. The molecule has 8 heteroatoms. The van der Waals surface area contributed by atoms with Crippen LogP contribution < -0.4 is 5.32 Å². The second-order valence-corrected chi connectivity index (χ2v) is 8.57. The van der Waals surface area contributed by atoms with Crippen molar-refractivity contribution >= 4 is 34.7 Å². The molecule has 0 aliphatic carbocycles. The third-order valence-electron chi connectivity index (χ3n) is 4.27. The van der Waals surface area contributed by atoms with E-state index in [0.717, 1.165) is 21.7 Å². The Kier molecular flexibility index (Phi) is 6.02. The number of hydrogen-bond acceptors (Lipinski definition) is 6. The molecule has 0 aliphatic rings. The maximum Gasteiger partial charge on any atom is 0.242 e. The van der Waals surface area contributed by atoms with E-state index in [4.69, 9.17) is 0 Å². The number of benzene rings is 2. The number of aromatic nitrogens is 4. The number of nitrogens with one attached hydrogen (secondary N) is 1. The standard InChI is InChI=1S/C21H19N5OS2/c1-15-9-11-17(12-10-15)22-20(27)19(16-6-3-2-4-7-16)29-21-23-24-25-26(21)14-18-8-5-13-28-18/h2-13,19H,14H2,1H3,(H,22,27)/t19-/m1/s1. The highest BCUT2D eigenvalue weighted by Gasteiger charge is 2.25. The van der Waals surface area contributed by atoms with Crippen molar-refractivity contribution in [3.63, 3.8) is 0 Å². The van der Waals surface area contributed by atoms with Crippen LogP contribution in [0, 0.1) is 6.92 Å². The van der Waals surface area contributed by atoms with E-state index in [2.05, 4.69) is 20.8 Å². The number of hydrogen-bond donors (Lipinski definition) is 1. The van der Waals surface area contributed by atoms with Crippen LogP contribution >= 0.6 is 23.1 Å². The molecular weight excluding hydrogens is 402 g/mol. The number of rotatable bonds is 7. The average Bonchev–Trinajstić information content (AvgIpc) is 3.41. The third-order valence-corrected chi connectivity index (χ3v) is 6.35. The van der Waals surface area contributed by atoms with Gasteiger partial charge in [-0.25, -0.2) is 4.68 Å².